The van der Waals surface area contributed by atoms with Gasteiger partial charge in [0.2, 0.25) is 5.91 Å². The van der Waals surface area contributed by atoms with E-state index < -0.39 is 12.0 Å². The van der Waals surface area contributed by atoms with Crippen molar-refractivity contribution in [2.45, 2.75) is 25.3 Å². The van der Waals surface area contributed by atoms with Gasteiger partial charge in [0.05, 0.1) is 6.04 Å². The highest BCUT2D eigenvalue weighted by atomic mass is 79.9. The predicted molar refractivity (Wildman–Crippen MR) is 122 cm³/mol. The summed E-state index contributed by atoms with van der Waals surface area (Å²) in [6.45, 7) is 0.161. The zero-order valence-electron chi connectivity index (χ0n) is 16.9. The van der Waals surface area contributed by atoms with E-state index in [1.165, 1.54) is 4.90 Å². The lowest BCUT2D eigenvalue weighted by Crippen LogP contribution is -2.44. The Morgan fingerprint density at radius 2 is 1.77 bits per heavy atom. The van der Waals surface area contributed by atoms with Crippen LogP contribution < -0.4 is 0 Å². The number of fused-ring (bicyclic) bond motifs is 1. The smallest absolute Gasteiger partial charge is 0.416 e. The first-order valence-corrected chi connectivity index (χ1v) is 11.0. The molecule has 158 valence electrons. The minimum Gasteiger partial charge on any atom is -0.447 e. The number of nitrogens with zero attached hydrogens (tertiary/aromatic N) is 1. The van der Waals surface area contributed by atoms with Crippen LogP contribution in [0.15, 0.2) is 71.2 Å². The Labute approximate surface area is 189 Å². The zero-order valence-corrected chi connectivity index (χ0v) is 18.5. The quantitative estimate of drug-likeness (QED) is 0.450. The summed E-state index contributed by atoms with van der Waals surface area (Å²) in [4.78, 5) is 38.4. The van der Waals surface area contributed by atoms with Crippen molar-refractivity contribution < 1.29 is 19.1 Å². The minimum atomic E-state index is -0.637. The molecule has 2 atom stereocenters. The monoisotopic (exact) mass is 479 g/mol. The number of cyclic esters (lactones) is 1. The molecule has 1 saturated heterocycles. The van der Waals surface area contributed by atoms with Gasteiger partial charge in [-0.05, 0) is 40.8 Å². The molecule has 1 aliphatic heterocycles. The molecule has 3 aromatic carbocycles. The molecule has 3 aromatic rings. The maximum Gasteiger partial charge on any atom is 0.416 e. The molecule has 0 spiro atoms. The molecule has 4 rings (SSSR count). The maximum atomic E-state index is 13.4. The van der Waals surface area contributed by atoms with Crippen LogP contribution in [0.2, 0.25) is 0 Å². The van der Waals surface area contributed by atoms with Crippen molar-refractivity contribution in [1.29, 1.82) is 0 Å². The second-order valence-electron chi connectivity index (χ2n) is 7.68. The van der Waals surface area contributed by atoms with Gasteiger partial charge in [0.15, 0.2) is 0 Å². The lowest BCUT2D eigenvalue weighted by molar-refractivity contribution is -0.134. The van der Waals surface area contributed by atoms with Crippen LogP contribution in [0.25, 0.3) is 10.8 Å². The molecule has 1 fully saturated rings. The van der Waals surface area contributed by atoms with Gasteiger partial charge in [-0.2, -0.15) is 0 Å². The summed E-state index contributed by atoms with van der Waals surface area (Å²) in [5.41, 5.74) is 1.99. The Hall–Kier alpha value is -2.99. The van der Waals surface area contributed by atoms with Crippen molar-refractivity contribution in [3.8, 4) is 0 Å². The van der Waals surface area contributed by atoms with Gasteiger partial charge in [0.1, 0.15) is 12.9 Å². The van der Waals surface area contributed by atoms with Crippen molar-refractivity contribution >= 4 is 45.0 Å². The van der Waals surface area contributed by atoms with E-state index in [1.807, 2.05) is 66.7 Å². The number of amides is 2. The first-order chi connectivity index (χ1) is 15.1. The van der Waals surface area contributed by atoms with Crippen molar-refractivity contribution in [1.82, 2.24) is 4.90 Å². The van der Waals surface area contributed by atoms with Crippen LogP contribution in [-0.2, 0) is 27.2 Å². The molecule has 1 aliphatic rings. The highest BCUT2D eigenvalue weighted by Crippen LogP contribution is 2.30. The summed E-state index contributed by atoms with van der Waals surface area (Å²) in [7, 11) is 0. The van der Waals surface area contributed by atoms with E-state index in [2.05, 4.69) is 15.9 Å². The van der Waals surface area contributed by atoms with E-state index >= 15 is 0 Å². The van der Waals surface area contributed by atoms with Crippen LogP contribution >= 0.6 is 15.9 Å². The molecule has 0 bridgehead atoms. The van der Waals surface area contributed by atoms with Gasteiger partial charge in [-0.15, -0.1) is 0 Å². The predicted octanol–water partition coefficient (Wildman–Crippen LogP) is 4.94. The molecule has 0 N–H and O–H groups in total. The number of aldehydes is 1. The van der Waals surface area contributed by atoms with E-state index in [9.17, 15) is 14.4 Å². The molecule has 5 nitrogen and oxygen atoms in total. The van der Waals surface area contributed by atoms with Gasteiger partial charge in [0, 0.05) is 16.8 Å². The molecule has 2 amide bonds. The SMILES string of the molecule is O=CC[C@@H](Cc1ccc(Br)c2ccccc12)C(=O)N1C(=O)OC[C@H]1Cc1ccccc1. The highest BCUT2D eigenvalue weighted by molar-refractivity contribution is 9.10. The summed E-state index contributed by atoms with van der Waals surface area (Å²) in [6, 6.07) is 21.1. The fraction of sp³-hybridized carbons (Fsp3) is 0.240. The molecule has 0 aliphatic carbocycles. The van der Waals surface area contributed by atoms with Crippen LogP contribution in [0, 0.1) is 5.92 Å². The van der Waals surface area contributed by atoms with E-state index in [0.29, 0.717) is 12.8 Å². The summed E-state index contributed by atoms with van der Waals surface area (Å²) < 4.78 is 6.18. The molecular weight excluding hydrogens is 458 g/mol. The van der Waals surface area contributed by atoms with E-state index in [1.54, 1.807) is 0 Å². The third-order valence-corrected chi connectivity index (χ3v) is 6.36. The fourth-order valence-corrected chi connectivity index (χ4v) is 4.60. The van der Waals surface area contributed by atoms with Crippen LogP contribution in [0.1, 0.15) is 17.5 Å². The largest absolute Gasteiger partial charge is 0.447 e. The van der Waals surface area contributed by atoms with Gasteiger partial charge in [-0.3, -0.25) is 4.79 Å². The third-order valence-electron chi connectivity index (χ3n) is 5.67. The van der Waals surface area contributed by atoms with Crippen LogP contribution in [-0.4, -0.2) is 35.8 Å². The second-order valence-corrected chi connectivity index (χ2v) is 8.54. The number of imide groups is 1. The van der Waals surface area contributed by atoms with Gasteiger partial charge in [-0.1, -0.05) is 76.6 Å². The van der Waals surface area contributed by atoms with Gasteiger partial charge >= 0.3 is 6.09 Å². The lowest BCUT2D eigenvalue weighted by Gasteiger charge is -2.24. The first kappa shape index (κ1) is 21.2. The molecule has 0 radical (unpaired) electrons. The average Bonchev–Trinajstić information content (AvgIpc) is 3.15. The molecule has 6 heteroatoms. The average molecular weight is 480 g/mol. The summed E-state index contributed by atoms with van der Waals surface area (Å²) in [5.74, 6) is -0.992. The zero-order chi connectivity index (χ0) is 21.8. The second kappa shape index (κ2) is 9.43. The standard InChI is InChI=1S/C25H22BrNO4/c26-23-11-10-18(21-8-4-5-9-22(21)23)15-19(12-13-28)24(29)27-20(16-31-25(27)30)14-17-6-2-1-3-7-17/h1-11,13,19-20H,12,14-16H2/t19-,20+/m0/s1. The normalized spacial score (nSPS) is 16.9. The molecule has 31 heavy (non-hydrogen) atoms. The number of hydrogen-bond donors (Lipinski definition) is 0. The molecule has 1 heterocycles. The molecular formula is C25H22BrNO4. The first-order valence-electron chi connectivity index (χ1n) is 10.2. The van der Waals surface area contributed by atoms with Crippen LogP contribution in [0.3, 0.4) is 0 Å². The van der Waals surface area contributed by atoms with Crippen LogP contribution in [0.5, 0.6) is 0 Å². The van der Waals surface area contributed by atoms with Gasteiger partial charge in [-0.25, -0.2) is 9.69 Å². The maximum absolute atomic E-state index is 13.4. The minimum absolute atomic E-state index is 0.0467. The van der Waals surface area contributed by atoms with Crippen molar-refractivity contribution in [3.63, 3.8) is 0 Å². The molecule has 0 saturated carbocycles. The Morgan fingerprint density at radius 1 is 1.06 bits per heavy atom. The Bertz CT molecular complexity index is 1110. The Morgan fingerprint density at radius 3 is 2.52 bits per heavy atom. The van der Waals surface area contributed by atoms with Crippen molar-refractivity contribution in [2.24, 2.45) is 5.92 Å². The van der Waals surface area contributed by atoms with Crippen LogP contribution in [0.4, 0.5) is 4.79 Å². The highest BCUT2D eigenvalue weighted by Gasteiger charge is 2.40. The number of benzene rings is 3. The van der Waals surface area contributed by atoms with Gasteiger partial charge < -0.3 is 9.53 Å². The lowest BCUT2D eigenvalue weighted by atomic mass is 9.91. The summed E-state index contributed by atoms with van der Waals surface area (Å²) in [6.07, 6.45) is 1.05. The number of halogens is 1. The van der Waals surface area contributed by atoms with Crippen molar-refractivity contribution in [2.75, 3.05) is 6.61 Å². The van der Waals surface area contributed by atoms with Gasteiger partial charge in [0.25, 0.3) is 0 Å². The summed E-state index contributed by atoms with van der Waals surface area (Å²) in [5, 5.41) is 2.06. The number of carbonyl (C=O) groups excluding carboxylic acids is 3. The fourth-order valence-electron chi connectivity index (χ4n) is 4.12. The topological polar surface area (TPSA) is 63.7 Å². The summed E-state index contributed by atoms with van der Waals surface area (Å²) >= 11 is 3.57. The van der Waals surface area contributed by atoms with Crippen molar-refractivity contribution in [3.05, 3.63) is 82.3 Å². The Kier molecular flexibility index (Phi) is 6.47. The number of carbonyl (C=O) groups is 3. The number of ether oxygens (including phenoxy) is 1. The molecule has 0 aromatic heterocycles. The van der Waals surface area contributed by atoms with E-state index in [4.69, 9.17) is 4.74 Å². The van der Waals surface area contributed by atoms with E-state index in [0.717, 1.165) is 32.7 Å². The van der Waals surface area contributed by atoms with E-state index in [-0.39, 0.29) is 25.0 Å². The number of rotatable bonds is 7. The molecule has 0 unspecified atom stereocenters. The third kappa shape index (κ3) is 4.54. The Balaban J connectivity index is 1.60. The number of hydrogen-bond acceptors (Lipinski definition) is 4.